The van der Waals surface area contributed by atoms with Gasteiger partial charge in [0.2, 0.25) is 10.0 Å². The summed E-state index contributed by atoms with van der Waals surface area (Å²) >= 11 is 0.786. The quantitative estimate of drug-likeness (QED) is 0.879. The van der Waals surface area contributed by atoms with Crippen molar-refractivity contribution in [3.05, 3.63) is 17.9 Å². The van der Waals surface area contributed by atoms with Crippen LogP contribution in [0, 0.1) is 5.82 Å². The highest BCUT2D eigenvalue weighted by Crippen LogP contribution is 2.23. The monoisotopic (exact) mass is 304 g/mol. The summed E-state index contributed by atoms with van der Waals surface area (Å²) in [5, 5.41) is 0. The van der Waals surface area contributed by atoms with Crippen LogP contribution in [0.5, 0.6) is 0 Å². The summed E-state index contributed by atoms with van der Waals surface area (Å²) in [6.07, 6.45) is 0. The number of nitrogens with zero attached hydrogens (tertiary/aromatic N) is 3. The molecule has 1 aromatic carbocycles. The molecule has 2 rings (SSSR count). The van der Waals surface area contributed by atoms with E-state index in [9.17, 15) is 12.8 Å². The Balaban J connectivity index is 2.33. The van der Waals surface area contributed by atoms with Crippen LogP contribution < -0.4 is 4.72 Å². The summed E-state index contributed by atoms with van der Waals surface area (Å²) in [4.78, 5) is 1.81. The molecule has 19 heavy (non-hydrogen) atoms. The maximum atomic E-state index is 13.4. The van der Waals surface area contributed by atoms with Crippen molar-refractivity contribution in [3.63, 3.8) is 0 Å². The second-order valence-corrected chi connectivity index (χ2v) is 6.47. The molecule has 0 saturated carbocycles. The molecule has 0 spiro atoms. The van der Waals surface area contributed by atoms with E-state index in [2.05, 4.69) is 13.5 Å². The predicted molar refractivity (Wildman–Crippen MR) is 71.1 cm³/mol. The summed E-state index contributed by atoms with van der Waals surface area (Å²) in [7, 11) is -0.0244. The fraction of sp³-hybridized carbons (Fsp3) is 0.400. The van der Waals surface area contributed by atoms with Crippen molar-refractivity contribution >= 4 is 32.8 Å². The lowest BCUT2D eigenvalue weighted by molar-refractivity contribution is 0.412. The third-order valence-electron chi connectivity index (χ3n) is 2.47. The molecular weight excluding hydrogens is 291 g/mol. The summed E-state index contributed by atoms with van der Waals surface area (Å²) < 4.78 is 47.7. The van der Waals surface area contributed by atoms with Gasteiger partial charge in [0.25, 0.3) is 0 Å². The van der Waals surface area contributed by atoms with E-state index >= 15 is 0 Å². The van der Waals surface area contributed by atoms with Gasteiger partial charge in [-0.1, -0.05) is 0 Å². The molecule has 0 unspecified atom stereocenters. The zero-order valence-corrected chi connectivity index (χ0v) is 12.1. The second kappa shape index (κ2) is 5.45. The minimum absolute atomic E-state index is 0.0134. The Morgan fingerprint density at radius 3 is 2.68 bits per heavy atom. The Labute approximate surface area is 114 Å². The minimum atomic E-state index is -3.71. The van der Waals surface area contributed by atoms with Gasteiger partial charge in [-0.25, -0.2) is 17.5 Å². The zero-order chi connectivity index (χ0) is 14.0. The van der Waals surface area contributed by atoms with Gasteiger partial charge in [-0.15, -0.1) is 0 Å². The number of fused-ring (bicyclic) bond motifs is 1. The lowest BCUT2D eigenvalue weighted by Crippen LogP contribution is -2.31. The first kappa shape index (κ1) is 14.3. The SMILES string of the molecule is CN(C)CCNS(=O)(=O)c1ccc(F)c2nsnc12. The summed E-state index contributed by atoms with van der Waals surface area (Å²) in [5.74, 6) is -0.573. The molecule has 6 nitrogen and oxygen atoms in total. The molecule has 1 aromatic heterocycles. The van der Waals surface area contributed by atoms with Gasteiger partial charge >= 0.3 is 0 Å². The normalized spacial score (nSPS) is 12.4. The van der Waals surface area contributed by atoms with Gasteiger partial charge in [0.15, 0.2) is 5.82 Å². The van der Waals surface area contributed by atoms with Crippen LogP contribution in [-0.4, -0.2) is 49.2 Å². The topological polar surface area (TPSA) is 75.2 Å². The van der Waals surface area contributed by atoms with Gasteiger partial charge in [-0.2, -0.15) is 8.75 Å². The van der Waals surface area contributed by atoms with Crippen LogP contribution in [0.25, 0.3) is 11.0 Å². The average molecular weight is 304 g/mol. The predicted octanol–water partition coefficient (Wildman–Crippen LogP) is 0.670. The molecule has 0 aliphatic carbocycles. The van der Waals surface area contributed by atoms with Gasteiger partial charge in [0.05, 0.1) is 11.7 Å². The molecule has 0 aliphatic heterocycles. The highest BCUT2D eigenvalue weighted by molar-refractivity contribution is 7.89. The summed E-state index contributed by atoms with van der Waals surface area (Å²) in [6.45, 7) is 0.838. The van der Waals surface area contributed by atoms with Crippen LogP contribution in [0.4, 0.5) is 4.39 Å². The van der Waals surface area contributed by atoms with Crippen LogP contribution in [0.15, 0.2) is 17.0 Å². The second-order valence-electron chi connectivity index (χ2n) is 4.21. The molecule has 0 saturated heterocycles. The third-order valence-corrected chi connectivity index (χ3v) is 4.49. The van der Waals surface area contributed by atoms with Crippen LogP contribution >= 0.6 is 11.7 Å². The highest BCUT2D eigenvalue weighted by atomic mass is 32.2. The Bertz CT molecular complexity index is 684. The van der Waals surface area contributed by atoms with E-state index in [0.29, 0.717) is 6.54 Å². The van der Waals surface area contributed by atoms with Crippen LogP contribution in [-0.2, 0) is 10.0 Å². The first-order valence-corrected chi connectivity index (χ1v) is 7.68. The maximum absolute atomic E-state index is 13.4. The number of sulfonamides is 1. The Kier molecular flexibility index (Phi) is 4.09. The molecule has 104 valence electrons. The molecule has 1 heterocycles. The van der Waals surface area contributed by atoms with E-state index in [-0.39, 0.29) is 22.5 Å². The van der Waals surface area contributed by atoms with Crippen LogP contribution in [0.3, 0.4) is 0 Å². The summed E-state index contributed by atoms with van der Waals surface area (Å²) in [6, 6.07) is 2.29. The van der Waals surface area contributed by atoms with Crippen molar-refractivity contribution in [2.45, 2.75) is 4.90 Å². The number of nitrogens with one attached hydrogen (secondary N) is 1. The van der Waals surface area contributed by atoms with E-state index in [0.717, 1.165) is 17.8 Å². The molecule has 2 aromatic rings. The van der Waals surface area contributed by atoms with Crippen molar-refractivity contribution < 1.29 is 12.8 Å². The maximum Gasteiger partial charge on any atom is 0.242 e. The van der Waals surface area contributed by atoms with Crippen molar-refractivity contribution in [2.75, 3.05) is 27.2 Å². The standard InChI is InChI=1S/C10H13FN4O2S2/c1-15(2)6-5-12-19(16,17)8-4-3-7(11)9-10(8)14-18-13-9/h3-4,12H,5-6H2,1-2H3. The van der Waals surface area contributed by atoms with Crippen LogP contribution in [0.1, 0.15) is 0 Å². The lowest BCUT2D eigenvalue weighted by Gasteiger charge is -2.11. The van der Waals surface area contributed by atoms with Gasteiger partial charge in [0.1, 0.15) is 15.9 Å². The largest absolute Gasteiger partial charge is 0.308 e. The van der Waals surface area contributed by atoms with Crippen molar-refractivity contribution in [3.8, 4) is 0 Å². The number of hydrogen-bond donors (Lipinski definition) is 1. The lowest BCUT2D eigenvalue weighted by atomic mass is 10.3. The minimum Gasteiger partial charge on any atom is -0.308 e. The van der Waals surface area contributed by atoms with E-state index in [4.69, 9.17) is 0 Å². The molecular formula is C10H13FN4O2S2. The van der Waals surface area contributed by atoms with Crippen molar-refractivity contribution in [1.82, 2.24) is 18.4 Å². The fourth-order valence-electron chi connectivity index (χ4n) is 1.51. The van der Waals surface area contributed by atoms with Crippen LogP contribution in [0.2, 0.25) is 0 Å². The summed E-state index contributed by atoms with van der Waals surface area (Å²) in [5.41, 5.74) is 0.0582. The third kappa shape index (κ3) is 3.06. The molecule has 0 radical (unpaired) electrons. The van der Waals surface area contributed by atoms with Gasteiger partial charge < -0.3 is 4.90 Å². The first-order valence-electron chi connectivity index (χ1n) is 5.47. The molecule has 0 bridgehead atoms. The number of likely N-dealkylation sites (N-methyl/N-ethyl adjacent to an activating group) is 1. The Morgan fingerprint density at radius 2 is 2.00 bits per heavy atom. The first-order chi connectivity index (χ1) is 8.92. The van der Waals surface area contributed by atoms with Crippen molar-refractivity contribution in [2.24, 2.45) is 0 Å². The van der Waals surface area contributed by atoms with E-state index < -0.39 is 15.8 Å². The van der Waals surface area contributed by atoms with Crippen molar-refractivity contribution in [1.29, 1.82) is 0 Å². The van der Waals surface area contributed by atoms with E-state index in [1.54, 1.807) is 0 Å². The Hall–Kier alpha value is -1.16. The number of rotatable bonds is 5. The molecule has 0 fully saturated rings. The van der Waals surface area contributed by atoms with Gasteiger partial charge in [-0.3, -0.25) is 0 Å². The molecule has 0 aliphatic rings. The number of benzene rings is 1. The number of aromatic nitrogens is 2. The zero-order valence-electron chi connectivity index (χ0n) is 10.4. The molecule has 0 amide bonds. The van der Waals surface area contributed by atoms with E-state index in [1.165, 1.54) is 6.07 Å². The fourth-order valence-corrected chi connectivity index (χ4v) is 3.29. The Morgan fingerprint density at radius 1 is 1.32 bits per heavy atom. The molecule has 0 atom stereocenters. The molecule has 9 heteroatoms. The number of halogens is 1. The molecule has 1 N–H and O–H groups in total. The smallest absolute Gasteiger partial charge is 0.242 e. The van der Waals surface area contributed by atoms with Gasteiger partial charge in [0, 0.05) is 13.1 Å². The average Bonchev–Trinajstić information content (AvgIpc) is 2.77. The van der Waals surface area contributed by atoms with Gasteiger partial charge in [-0.05, 0) is 26.2 Å². The highest BCUT2D eigenvalue weighted by Gasteiger charge is 2.21. The van der Waals surface area contributed by atoms with E-state index in [1.807, 2.05) is 19.0 Å². The number of hydrogen-bond acceptors (Lipinski definition) is 6.